The highest BCUT2D eigenvalue weighted by molar-refractivity contribution is 7.71. The molecule has 14 heteroatoms. The van der Waals surface area contributed by atoms with Crippen molar-refractivity contribution >= 4 is 30.0 Å². The number of hydrogen-bond donors (Lipinski definition) is 3. The second-order valence-electron chi connectivity index (χ2n) is 9.25. The van der Waals surface area contributed by atoms with Crippen LogP contribution in [0.25, 0.3) is 11.4 Å². The molecule has 3 N–H and O–H groups in total. The van der Waals surface area contributed by atoms with Crippen molar-refractivity contribution < 1.29 is 36.9 Å². The minimum Gasteiger partial charge on any atom is -0.360 e. The van der Waals surface area contributed by atoms with E-state index < -0.39 is 36.0 Å². The number of aromatic amines is 1. The lowest BCUT2D eigenvalue weighted by molar-refractivity contribution is -0.249. The van der Waals surface area contributed by atoms with Crippen LogP contribution >= 0.6 is 12.2 Å². The summed E-state index contributed by atoms with van der Waals surface area (Å²) < 4.78 is 43.4. The van der Waals surface area contributed by atoms with E-state index >= 15 is 0 Å². The average Bonchev–Trinajstić information content (AvgIpc) is 3.38. The summed E-state index contributed by atoms with van der Waals surface area (Å²) in [5.41, 5.74) is 2.40. The Balaban J connectivity index is 1.37. The van der Waals surface area contributed by atoms with Gasteiger partial charge in [0.25, 0.3) is 4.84 Å². The highest BCUT2D eigenvalue weighted by Crippen LogP contribution is 2.33. The molecule has 0 radical (unpaired) electrons. The second-order valence-corrected chi connectivity index (χ2v) is 9.62. The van der Waals surface area contributed by atoms with E-state index in [1.807, 2.05) is 30.3 Å². The highest BCUT2D eigenvalue weighted by atomic mass is 32.1. The van der Waals surface area contributed by atoms with Crippen molar-refractivity contribution in [3.63, 3.8) is 0 Å². The molecule has 1 aliphatic rings. The Morgan fingerprint density at radius 2 is 1.88 bits per heavy atom. The van der Waals surface area contributed by atoms with Gasteiger partial charge in [-0.2, -0.15) is 13.2 Å². The molecule has 10 nitrogen and oxygen atoms in total. The van der Waals surface area contributed by atoms with E-state index in [2.05, 4.69) is 25.6 Å². The number of aromatic nitrogens is 2. The van der Waals surface area contributed by atoms with Crippen LogP contribution in [0.1, 0.15) is 36.8 Å². The molecule has 1 aliphatic heterocycles. The van der Waals surface area contributed by atoms with E-state index in [-0.39, 0.29) is 30.3 Å². The van der Waals surface area contributed by atoms with Gasteiger partial charge in [-0.05, 0) is 49.0 Å². The van der Waals surface area contributed by atoms with E-state index in [9.17, 15) is 27.6 Å². The third-order valence-corrected chi connectivity index (χ3v) is 6.62. The third-order valence-electron chi connectivity index (χ3n) is 6.45. The largest absolute Gasteiger partial charge is 0.492 e. The van der Waals surface area contributed by atoms with E-state index in [1.54, 1.807) is 24.3 Å². The van der Waals surface area contributed by atoms with Crippen LogP contribution in [-0.2, 0) is 25.8 Å². The van der Waals surface area contributed by atoms with Gasteiger partial charge in [0.05, 0.1) is 0 Å². The first-order valence-electron chi connectivity index (χ1n) is 12.4. The average molecular weight is 578 g/mol. The lowest BCUT2D eigenvalue weighted by atomic mass is 9.86. The van der Waals surface area contributed by atoms with E-state index in [4.69, 9.17) is 16.7 Å². The minimum atomic E-state index is -5.22. The Hall–Kier alpha value is -4.04. The number of H-pyrrole nitrogens is 1. The van der Waals surface area contributed by atoms with Gasteiger partial charge in [0.1, 0.15) is 12.1 Å². The number of piperidine rings is 1. The van der Waals surface area contributed by atoms with Gasteiger partial charge in [0.15, 0.2) is 5.82 Å². The number of amides is 2. The lowest BCUT2D eigenvalue weighted by Crippen LogP contribution is -2.55. The molecule has 0 aliphatic carbocycles. The van der Waals surface area contributed by atoms with E-state index in [1.165, 1.54) is 6.92 Å². The summed E-state index contributed by atoms with van der Waals surface area (Å²) in [6, 6.07) is 14.0. The van der Waals surface area contributed by atoms with Crippen molar-refractivity contribution in [2.45, 2.75) is 50.5 Å². The fourth-order valence-corrected chi connectivity index (χ4v) is 4.46. The molecular formula is C26H26F3N5O5S. The summed E-state index contributed by atoms with van der Waals surface area (Å²) in [6.07, 6.45) is -4.75. The number of rotatable bonds is 8. The first-order chi connectivity index (χ1) is 19.0. The van der Waals surface area contributed by atoms with E-state index in [0.29, 0.717) is 12.2 Å². The van der Waals surface area contributed by atoms with Crippen LogP contribution in [0, 0.1) is 4.84 Å². The Labute approximate surface area is 231 Å². The van der Waals surface area contributed by atoms with Crippen LogP contribution in [0.4, 0.5) is 13.2 Å². The SMILES string of the molecule is C[C@H](NC(=O)[C@H]1C[C@@H](c2ccccc2)CCN1OC(=O)C(F)(F)F)C(=O)NCc1ccc(-c2noc(=S)[nH]2)cc1. The molecule has 2 amide bonds. The summed E-state index contributed by atoms with van der Waals surface area (Å²) in [6.45, 7) is 1.52. The maximum atomic E-state index is 13.2. The number of benzene rings is 2. The molecule has 0 unspecified atom stereocenters. The Morgan fingerprint density at radius 1 is 1.18 bits per heavy atom. The van der Waals surface area contributed by atoms with Crippen LogP contribution in [0.3, 0.4) is 0 Å². The fraction of sp³-hybridized carbons (Fsp3) is 0.346. The zero-order chi connectivity index (χ0) is 28.9. The number of carbonyl (C=O) groups is 3. The third kappa shape index (κ3) is 7.33. The minimum absolute atomic E-state index is 0.0874. The number of nitrogens with zero attached hydrogens (tertiary/aromatic N) is 2. The van der Waals surface area contributed by atoms with Gasteiger partial charge in [-0.1, -0.05) is 59.8 Å². The van der Waals surface area contributed by atoms with Crippen molar-refractivity contribution in [3.05, 3.63) is 70.6 Å². The molecule has 0 spiro atoms. The summed E-state index contributed by atoms with van der Waals surface area (Å²) in [5, 5.41) is 9.79. The highest BCUT2D eigenvalue weighted by Gasteiger charge is 2.45. The predicted molar refractivity (Wildman–Crippen MR) is 138 cm³/mol. The van der Waals surface area contributed by atoms with Gasteiger partial charge in [-0.15, -0.1) is 5.06 Å². The molecule has 1 aromatic heterocycles. The predicted octanol–water partition coefficient (Wildman–Crippen LogP) is 3.79. The number of hydroxylamine groups is 2. The van der Waals surface area contributed by atoms with Crippen molar-refractivity contribution in [1.29, 1.82) is 0 Å². The van der Waals surface area contributed by atoms with Crippen molar-refractivity contribution in [2.75, 3.05) is 6.54 Å². The van der Waals surface area contributed by atoms with Crippen molar-refractivity contribution in [1.82, 2.24) is 25.8 Å². The number of nitrogens with one attached hydrogen (secondary N) is 3. The van der Waals surface area contributed by atoms with Crippen molar-refractivity contribution in [3.8, 4) is 11.4 Å². The zero-order valence-electron chi connectivity index (χ0n) is 21.2. The lowest BCUT2D eigenvalue weighted by Gasteiger charge is -2.37. The molecule has 0 bridgehead atoms. The monoisotopic (exact) mass is 577 g/mol. The van der Waals surface area contributed by atoms with Crippen LogP contribution in [0.15, 0.2) is 59.1 Å². The number of hydrogen-bond acceptors (Lipinski definition) is 8. The maximum Gasteiger partial charge on any atom is 0.492 e. The first-order valence-corrected chi connectivity index (χ1v) is 12.8. The van der Waals surface area contributed by atoms with Crippen LogP contribution in [0.5, 0.6) is 0 Å². The Bertz CT molecular complexity index is 1390. The number of alkyl halides is 3. The first kappa shape index (κ1) is 29.0. The maximum absolute atomic E-state index is 13.2. The molecular weight excluding hydrogens is 551 g/mol. The molecule has 0 saturated carbocycles. The van der Waals surface area contributed by atoms with Crippen LogP contribution in [-0.4, -0.2) is 57.8 Å². The van der Waals surface area contributed by atoms with Crippen LogP contribution < -0.4 is 10.6 Å². The number of halogens is 3. The zero-order valence-corrected chi connectivity index (χ0v) is 22.1. The summed E-state index contributed by atoms with van der Waals surface area (Å²) in [7, 11) is 0. The molecule has 1 saturated heterocycles. The molecule has 3 aromatic rings. The Kier molecular flexibility index (Phi) is 9.00. The molecule has 212 valence electrons. The van der Waals surface area contributed by atoms with Gasteiger partial charge >= 0.3 is 12.1 Å². The summed E-state index contributed by atoms with van der Waals surface area (Å²) in [4.78, 5) is 44.8. The second kappa shape index (κ2) is 12.4. The Morgan fingerprint density at radius 3 is 2.50 bits per heavy atom. The van der Waals surface area contributed by atoms with Crippen molar-refractivity contribution in [2.24, 2.45) is 0 Å². The van der Waals surface area contributed by atoms with Crippen LogP contribution in [0.2, 0.25) is 0 Å². The topological polar surface area (TPSA) is 130 Å². The van der Waals surface area contributed by atoms with Gasteiger partial charge in [-0.25, -0.2) is 4.79 Å². The molecule has 2 heterocycles. The quantitative estimate of drug-likeness (QED) is 0.345. The summed E-state index contributed by atoms with van der Waals surface area (Å²) >= 11 is 4.86. The fourth-order valence-electron chi connectivity index (χ4n) is 4.33. The van der Waals surface area contributed by atoms with Gasteiger partial charge in [-0.3, -0.25) is 14.6 Å². The van der Waals surface area contributed by atoms with Gasteiger partial charge in [0.2, 0.25) is 11.8 Å². The number of carbonyl (C=O) groups excluding carboxylic acids is 3. The van der Waals surface area contributed by atoms with Gasteiger partial charge in [0, 0.05) is 18.7 Å². The molecule has 1 fully saturated rings. The molecule has 40 heavy (non-hydrogen) atoms. The summed E-state index contributed by atoms with van der Waals surface area (Å²) in [5.74, 6) is -3.34. The smallest absolute Gasteiger partial charge is 0.360 e. The standard InChI is InChI=1S/C26H26F3N5O5S/c1-15(22(35)30-14-16-7-9-18(10-8-16)21-32-25(40)38-33-21)31-23(36)20-13-19(17-5-3-2-4-6-17)11-12-34(20)39-24(37)26(27,28)29/h2-10,15,19-20H,11-14H2,1H3,(H,30,35)(H,31,36)(H,32,33,40)/t15-,19-,20+/m0/s1. The molecule has 2 aromatic carbocycles. The molecule has 4 rings (SSSR count). The normalized spacial score (nSPS) is 18.5. The van der Waals surface area contributed by atoms with E-state index in [0.717, 1.165) is 21.8 Å². The van der Waals surface area contributed by atoms with Gasteiger partial charge < -0.3 is 20.0 Å². The molecule has 3 atom stereocenters.